The highest BCUT2D eigenvalue weighted by atomic mass is 79.9. The van der Waals surface area contributed by atoms with Crippen LogP contribution in [0.3, 0.4) is 0 Å². The number of nitrogens with one attached hydrogen (secondary N) is 2. The van der Waals surface area contributed by atoms with Crippen molar-refractivity contribution in [2.24, 2.45) is 0 Å². The molecule has 0 aliphatic heterocycles. The van der Waals surface area contributed by atoms with E-state index in [0.717, 1.165) is 15.7 Å². The quantitative estimate of drug-likeness (QED) is 0.851. The molecule has 2 N–H and O–H groups in total. The predicted molar refractivity (Wildman–Crippen MR) is 78.3 cm³/mol. The standard InChI is InChI=1S/C14H14BrN3O/c1-10-2-3-11(13(15)8-10)4-5-14(19)16-9-12-6-7-17-18-12/h2-8H,9H2,1H3,(H,16,19)(H,17,18). The van der Waals surface area contributed by atoms with Crippen molar-refractivity contribution in [3.05, 3.63) is 57.8 Å². The molecule has 0 spiro atoms. The molecule has 19 heavy (non-hydrogen) atoms. The molecule has 1 aromatic carbocycles. The van der Waals surface area contributed by atoms with E-state index in [1.165, 1.54) is 11.6 Å². The van der Waals surface area contributed by atoms with Crippen molar-refractivity contribution in [3.63, 3.8) is 0 Å². The number of halogens is 1. The average molecular weight is 320 g/mol. The summed E-state index contributed by atoms with van der Waals surface area (Å²) in [5.41, 5.74) is 3.02. The zero-order valence-electron chi connectivity index (χ0n) is 10.5. The number of aromatic nitrogens is 2. The number of hydrogen-bond donors (Lipinski definition) is 2. The van der Waals surface area contributed by atoms with Crippen LogP contribution < -0.4 is 5.32 Å². The van der Waals surface area contributed by atoms with Crippen LogP contribution in [0.5, 0.6) is 0 Å². The van der Waals surface area contributed by atoms with Gasteiger partial charge in [-0.2, -0.15) is 5.10 Å². The zero-order chi connectivity index (χ0) is 13.7. The third-order valence-electron chi connectivity index (χ3n) is 2.58. The van der Waals surface area contributed by atoms with Crippen molar-refractivity contribution >= 4 is 27.9 Å². The summed E-state index contributed by atoms with van der Waals surface area (Å²) >= 11 is 3.47. The van der Waals surface area contributed by atoms with Crippen molar-refractivity contribution < 1.29 is 4.79 Å². The highest BCUT2D eigenvalue weighted by Crippen LogP contribution is 2.19. The first-order chi connectivity index (χ1) is 9.15. The summed E-state index contributed by atoms with van der Waals surface area (Å²) in [6, 6.07) is 7.81. The summed E-state index contributed by atoms with van der Waals surface area (Å²) in [7, 11) is 0. The first-order valence-corrected chi connectivity index (χ1v) is 6.65. The number of nitrogens with zero attached hydrogens (tertiary/aromatic N) is 1. The Bertz CT molecular complexity index is 591. The van der Waals surface area contributed by atoms with E-state index in [1.54, 1.807) is 12.3 Å². The number of hydrogen-bond acceptors (Lipinski definition) is 2. The number of carbonyl (C=O) groups excluding carboxylic acids is 1. The van der Waals surface area contributed by atoms with Crippen LogP contribution >= 0.6 is 15.9 Å². The lowest BCUT2D eigenvalue weighted by molar-refractivity contribution is -0.116. The number of benzene rings is 1. The molecule has 5 heteroatoms. The molecular weight excluding hydrogens is 306 g/mol. The molecule has 4 nitrogen and oxygen atoms in total. The van der Waals surface area contributed by atoms with Gasteiger partial charge >= 0.3 is 0 Å². The Morgan fingerprint density at radius 3 is 3.00 bits per heavy atom. The van der Waals surface area contributed by atoms with E-state index in [2.05, 4.69) is 31.4 Å². The minimum atomic E-state index is -0.137. The van der Waals surface area contributed by atoms with Crippen LogP contribution in [0.2, 0.25) is 0 Å². The van der Waals surface area contributed by atoms with Crippen molar-refractivity contribution in [1.82, 2.24) is 15.5 Å². The van der Waals surface area contributed by atoms with Crippen LogP contribution in [0.1, 0.15) is 16.8 Å². The summed E-state index contributed by atoms with van der Waals surface area (Å²) in [6.45, 7) is 2.47. The Morgan fingerprint density at radius 1 is 1.47 bits per heavy atom. The molecular formula is C14H14BrN3O. The first-order valence-electron chi connectivity index (χ1n) is 5.85. The molecule has 0 bridgehead atoms. The lowest BCUT2D eigenvalue weighted by Gasteiger charge is -2.01. The number of H-pyrrole nitrogens is 1. The van der Waals surface area contributed by atoms with Gasteiger partial charge in [0.15, 0.2) is 0 Å². The molecule has 0 radical (unpaired) electrons. The normalized spacial score (nSPS) is 10.8. The van der Waals surface area contributed by atoms with Gasteiger partial charge in [0, 0.05) is 16.7 Å². The SMILES string of the molecule is Cc1ccc(C=CC(=O)NCc2ccn[nH]2)c(Br)c1. The maximum absolute atomic E-state index is 11.6. The van der Waals surface area contributed by atoms with Gasteiger partial charge in [0.25, 0.3) is 0 Å². The minimum absolute atomic E-state index is 0.137. The fourth-order valence-corrected chi connectivity index (χ4v) is 2.18. The number of carbonyl (C=O) groups is 1. The number of amides is 1. The molecule has 2 rings (SSSR count). The molecule has 0 saturated heterocycles. The first kappa shape index (κ1) is 13.5. The molecule has 0 aliphatic carbocycles. The van der Waals surface area contributed by atoms with Crippen molar-refractivity contribution in [3.8, 4) is 0 Å². The van der Waals surface area contributed by atoms with Gasteiger partial charge in [0.05, 0.1) is 12.2 Å². The van der Waals surface area contributed by atoms with Gasteiger partial charge in [-0.05, 0) is 36.3 Å². The predicted octanol–water partition coefficient (Wildman–Crippen LogP) is 2.81. The fraction of sp³-hybridized carbons (Fsp3) is 0.143. The molecule has 2 aromatic rings. The second-order valence-electron chi connectivity index (χ2n) is 4.16. The van der Waals surface area contributed by atoms with Gasteiger partial charge in [0.1, 0.15) is 0 Å². The van der Waals surface area contributed by atoms with Crippen LogP contribution in [0.4, 0.5) is 0 Å². The lowest BCUT2D eigenvalue weighted by atomic mass is 10.1. The Balaban J connectivity index is 1.92. The highest BCUT2D eigenvalue weighted by molar-refractivity contribution is 9.10. The molecule has 1 heterocycles. The van der Waals surface area contributed by atoms with Gasteiger partial charge in [-0.25, -0.2) is 0 Å². The smallest absolute Gasteiger partial charge is 0.244 e. The van der Waals surface area contributed by atoms with Gasteiger partial charge in [-0.1, -0.05) is 28.1 Å². The fourth-order valence-electron chi connectivity index (χ4n) is 1.56. The van der Waals surface area contributed by atoms with Crippen LogP contribution in [0.25, 0.3) is 6.08 Å². The Morgan fingerprint density at radius 2 is 2.32 bits per heavy atom. The van der Waals surface area contributed by atoms with Crippen molar-refractivity contribution in [2.75, 3.05) is 0 Å². The summed E-state index contributed by atoms with van der Waals surface area (Å²) in [6.07, 6.45) is 4.96. The monoisotopic (exact) mass is 319 g/mol. The second kappa shape index (κ2) is 6.33. The molecule has 0 atom stereocenters. The van der Waals surface area contributed by atoms with Crippen LogP contribution in [0.15, 0.2) is 41.0 Å². The molecule has 0 saturated carbocycles. The lowest BCUT2D eigenvalue weighted by Crippen LogP contribution is -2.20. The Kier molecular flexibility index (Phi) is 4.52. The van der Waals surface area contributed by atoms with E-state index < -0.39 is 0 Å². The second-order valence-corrected chi connectivity index (χ2v) is 5.01. The van der Waals surface area contributed by atoms with Gasteiger partial charge in [0.2, 0.25) is 5.91 Å². The number of aryl methyl sites for hydroxylation is 1. The largest absolute Gasteiger partial charge is 0.347 e. The van der Waals surface area contributed by atoms with E-state index in [9.17, 15) is 4.79 Å². The molecule has 0 unspecified atom stereocenters. The highest BCUT2D eigenvalue weighted by Gasteiger charge is 1.99. The van der Waals surface area contributed by atoms with E-state index >= 15 is 0 Å². The summed E-state index contributed by atoms with van der Waals surface area (Å²) in [4.78, 5) is 11.6. The van der Waals surface area contributed by atoms with E-state index in [4.69, 9.17) is 0 Å². The summed E-state index contributed by atoms with van der Waals surface area (Å²) in [5.74, 6) is -0.137. The molecule has 1 aromatic heterocycles. The van der Waals surface area contributed by atoms with Crippen molar-refractivity contribution in [2.45, 2.75) is 13.5 Å². The topological polar surface area (TPSA) is 57.8 Å². The minimum Gasteiger partial charge on any atom is -0.347 e. The molecule has 98 valence electrons. The van der Waals surface area contributed by atoms with Gasteiger partial charge in [-0.3, -0.25) is 9.89 Å². The maximum atomic E-state index is 11.6. The van der Waals surface area contributed by atoms with Crippen LogP contribution in [-0.2, 0) is 11.3 Å². The third kappa shape index (κ3) is 4.06. The van der Waals surface area contributed by atoms with E-state index in [0.29, 0.717) is 6.54 Å². The summed E-state index contributed by atoms with van der Waals surface area (Å²) < 4.78 is 0.977. The Hall–Kier alpha value is -1.88. The Labute approximate surface area is 120 Å². The summed E-state index contributed by atoms with van der Waals surface area (Å²) in [5, 5.41) is 9.37. The maximum Gasteiger partial charge on any atom is 0.244 e. The van der Waals surface area contributed by atoms with Gasteiger partial charge < -0.3 is 5.32 Å². The average Bonchev–Trinajstić information content (AvgIpc) is 2.88. The number of rotatable bonds is 4. The van der Waals surface area contributed by atoms with E-state index in [-0.39, 0.29) is 5.91 Å². The molecule has 1 amide bonds. The van der Waals surface area contributed by atoms with E-state index in [1.807, 2.05) is 31.2 Å². The van der Waals surface area contributed by atoms with Crippen LogP contribution in [0, 0.1) is 6.92 Å². The number of aromatic amines is 1. The zero-order valence-corrected chi connectivity index (χ0v) is 12.1. The third-order valence-corrected chi connectivity index (χ3v) is 3.27. The molecule has 0 fully saturated rings. The van der Waals surface area contributed by atoms with Crippen molar-refractivity contribution in [1.29, 1.82) is 0 Å². The van der Waals surface area contributed by atoms with Gasteiger partial charge in [-0.15, -0.1) is 0 Å². The molecule has 0 aliphatic rings. The van der Waals surface area contributed by atoms with Crippen LogP contribution in [-0.4, -0.2) is 16.1 Å².